The van der Waals surface area contributed by atoms with E-state index < -0.39 is 6.10 Å². The number of pyridine rings is 1. The van der Waals surface area contributed by atoms with Gasteiger partial charge in [0.25, 0.3) is 0 Å². The molecule has 1 aliphatic rings. The molecule has 0 radical (unpaired) electrons. The number of aliphatic hydroxyl groups is 1. The van der Waals surface area contributed by atoms with Crippen molar-refractivity contribution in [2.24, 2.45) is 0 Å². The van der Waals surface area contributed by atoms with Gasteiger partial charge in [0.15, 0.2) is 0 Å². The highest BCUT2D eigenvalue weighted by molar-refractivity contribution is 5.79. The number of benzene rings is 1. The van der Waals surface area contributed by atoms with Crippen LogP contribution in [0.2, 0.25) is 0 Å². The molecule has 1 unspecified atom stereocenters. The number of hydrogen-bond acceptors (Lipinski definition) is 3. The Kier molecular flexibility index (Phi) is 1.58. The van der Waals surface area contributed by atoms with Crippen LogP contribution in [0.15, 0.2) is 36.5 Å². The van der Waals surface area contributed by atoms with Crippen LogP contribution < -0.4 is 5.73 Å². The van der Waals surface area contributed by atoms with Crippen LogP contribution in [-0.2, 0) is 0 Å². The number of fused-ring (bicyclic) bond motifs is 3. The first-order valence-electron chi connectivity index (χ1n) is 4.81. The van der Waals surface area contributed by atoms with Crippen molar-refractivity contribution in [2.75, 3.05) is 5.73 Å². The summed E-state index contributed by atoms with van der Waals surface area (Å²) in [5.74, 6) is 0. The number of anilines is 1. The van der Waals surface area contributed by atoms with E-state index in [1.54, 1.807) is 12.3 Å². The number of aliphatic hydroxyl groups excluding tert-OH is 1. The van der Waals surface area contributed by atoms with Gasteiger partial charge in [-0.25, -0.2) is 0 Å². The molecule has 0 saturated heterocycles. The molecule has 2 aromatic rings. The van der Waals surface area contributed by atoms with E-state index in [9.17, 15) is 5.11 Å². The largest absolute Gasteiger partial charge is 0.398 e. The zero-order valence-electron chi connectivity index (χ0n) is 8.01. The summed E-state index contributed by atoms with van der Waals surface area (Å²) in [6, 6.07) is 9.42. The Morgan fingerprint density at radius 1 is 1.20 bits per heavy atom. The molecule has 3 rings (SSSR count). The van der Waals surface area contributed by atoms with E-state index in [1.807, 2.05) is 24.3 Å². The Bertz CT molecular complexity index is 537. The zero-order chi connectivity index (χ0) is 10.4. The van der Waals surface area contributed by atoms with E-state index in [2.05, 4.69) is 4.98 Å². The minimum absolute atomic E-state index is 0.601. The average molecular weight is 198 g/mol. The molecule has 3 heteroatoms. The molecule has 0 fully saturated rings. The Morgan fingerprint density at radius 3 is 2.87 bits per heavy atom. The Morgan fingerprint density at radius 2 is 2.00 bits per heavy atom. The van der Waals surface area contributed by atoms with Crippen LogP contribution in [0.3, 0.4) is 0 Å². The number of hydrogen-bond donors (Lipinski definition) is 2. The lowest BCUT2D eigenvalue weighted by Crippen LogP contribution is -1.99. The van der Waals surface area contributed by atoms with E-state index >= 15 is 0 Å². The highest BCUT2D eigenvalue weighted by Gasteiger charge is 2.29. The van der Waals surface area contributed by atoms with Gasteiger partial charge in [-0.2, -0.15) is 0 Å². The topological polar surface area (TPSA) is 59.1 Å². The summed E-state index contributed by atoms with van der Waals surface area (Å²) in [7, 11) is 0. The normalized spacial score (nSPS) is 17.3. The Balaban J connectivity index is 2.37. The van der Waals surface area contributed by atoms with E-state index in [4.69, 9.17) is 5.73 Å². The molecule has 3 nitrogen and oxygen atoms in total. The molecule has 1 atom stereocenters. The van der Waals surface area contributed by atoms with Crippen LogP contribution in [0, 0.1) is 0 Å². The first-order valence-corrected chi connectivity index (χ1v) is 4.81. The van der Waals surface area contributed by atoms with Gasteiger partial charge in [-0.1, -0.05) is 24.3 Å². The predicted octanol–water partition coefficient (Wildman–Crippen LogP) is 1.73. The summed E-state index contributed by atoms with van der Waals surface area (Å²) in [6.45, 7) is 0. The lowest BCUT2D eigenvalue weighted by atomic mass is 10.1. The molecule has 0 saturated carbocycles. The van der Waals surface area contributed by atoms with Gasteiger partial charge in [-0.15, -0.1) is 0 Å². The van der Waals surface area contributed by atoms with Crippen LogP contribution in [0.1, 0.15) is 17.2 Å². The van der Waals surface area contributed by atoms with Gasteiger partial charge in [-0.3, -0.25) is 4.98 Å². The van der Waals surface area contributed by atoms with Gasteiger partial charge in [0.1, 0.15) is 6.10 Å². The van der Waals surface area contributed by atoms with Gasteiger partial charge >= 0.3 is 0 Å². The predicted molar refractivity (Wildman–Crippen MR) is 58.1 cm³/mol. The van der Waals surface area contributed by atoms with Crippen LogP contribution in [-0.4, -0.2) is 10.1 Å². The van der Waals surface area contributed by atoms with Crippen molar-refractivity contribution in [3.05, 3.63) is 47.7 Å². The lowest BCUT2D eigenvalue weighted by molar-refractivity contribution is 0.226. The van der Waals surface area contributed by atoms with Crippen molar-refractivity contribution in [1.29, 1.82) is 0 Å². The summed E-state index contributed by atoms with van der Waals surface area (Å²) in [6.07, 6.45) is 1.04. The zero-order valence-corrected chi connectivity index (χ0v) is 8.01. The summed E-state index contributed by atoms with van der Waals surface area (Å²) in [4.78, 5) is 4.27. The molecule has 1 aromatic heterocycles. The monoisotopic (exact) mass is 198 g/mol. The van der Waals surface area contributed by atoms with E-state index in [0.29, 0.717) is 5.69 Å². The van der Waals surface area contributed by atoms with Gasteiger partial charge in [0.2, 0.25) is 0 Å². The lowest BCUT2D eigenvalue weighted by Gasteiger charge is -2.06. The quantitative estimate of drug-likeness (QED) is 0.677. The van der Waals surface area contributed by atoms with Gasteiger partial charge in [0, 0.05) is 23.0 Å². The fraction of sp³-hybridized carbons (Fsp3) is 0.0833. The maximum atomic E-state index is 10.1. The third-order valence-corrected chi connectivity index (χ3v) is 2.81. The smallest absolute Gasteiger partial charge is 0.109 e. The van der Waals surface area contributed by atoms with Crippen LogP contribution in [0.25, 0.3) is 11.3 Å². The molecular formula is C12H10N2O. The Labute approximate surface area is 87.2 Å². The number of rotatable bonds is 0. The second-order valence-electron chi connectivity index (χ2n) is 3.65. The second kappa shape index (κ2) is 2.81. The van der Waals surface area contributed by atoms with Crippen LogP contribution >= 0.6 is 0 Å². The van der Waals surface area contributed by atoms with Gasteiger partial charge in [-0.05, 0) is 11.6 Å². The molecule has 3 N–H and O–H groups in total. The molecule has 15 heavy (non-hydrogen) atoms. The molecule has 0 spiro atoms. The van der Waals surface area contributed by atoms with Crippen molar-refractivity contribution in [1.82, 2.24) is 4.98 Å². The third kappa shape index (κ3) is 1.01. The summed E-state index contributed by atoms with van der Waals surface area (Å²) in [5.41, 5.74) is 9.85. The highest BCUT2D eigenvalue weighted by atomic mass is 16.3. The first-order chi connectivity index (χ1) is 7.29. The highest BCUT2D eigenvalue weighted by Crippen LogP contribution is 2.44. The fourth-order valence-electron chi connectivity index (χ4n) is 2.10. The molecule has 1 aromatic carbocycles. The average Bonchev–Trinajstić information content (AvgIpc) is 2.55. The van der Waals surface area contributed by atoms with Crippen molar-refractivity contribution >= 4 is 5.69 Å². The maximum absolute atomic E-state index is 10.1. The van der Waals surface area contributed by atoms with Crippen LogP contribution in [0.4, 0.5) is 5.69 Å². The van der Waals surface area contributed by atoms with E-state index in [0.717, 1.165) is 22.4 Å². The van der Waals surface area contributed by atoms with Gasteiger partial charge in [0.05, 0.1) is 5.69 Å². The SMILES string of the molecule is Nc1ccnc2c1C(O)c1ccccc1-2. The standard InChI is InChI=1S/C12H10N2O/c13-9-5-6-14-11-7-3-1-2-4-8(7)12(15)10(9)11/h1-6,12,15H,(H2,13,14). The molecule has 0 bridgehead atoms. The maximum Gasteiger partial charge on any atom is 0.109 e. The number of aromatic nitrogens is 1. The fourth-order valence-corrected chi connectivity index (χ4v) is 2.10. The minimum Gasteiger partial charge on any atom is -0.398 e. The molecular weight excluding hydrogens is 188 g/mol. The minimum atomic E-state index is -0.634. The van der Waals surface area contributed by atoms with Gasteiger partial charge < -0.3 is 10.8 Å². The number of nitrogen functional groups attached to an aromatic ring is 1. The number of nitrogens with two attached hydrogens (primary N) is 1. The first kappa shape index (κ1) is 8.44. The summed E-state index contributed by atoms with van der Waals surface area (Å²) >= 11 is 0. The second-order valence-corrected chi connectivity index (χ2v) is 3.65. The van der Waals surface area contributed by atoms with Crippen molar-refractivity contribution in [2.45, 2.75) is 6.10 Å². The molecule has 1 heterocycles. The van der Waals surface area contributed by atoms with Crippen molar-refractivity contribution < 1.29 is 5.11 Å². The van der Waals surface area contributed by atoms with Crippen molar-refractivity contribution in [3.8, 4) is 11.3 Å². The van der Waals surface area contributed by atoms with Crippen LogP contribution in [0.5, 0.6) is 0 Å². The number of nitrogens with zero attached hydrogens (tertiary/aromatic N) is 1. The van der Waals surface area contributed by atoms with Crippen molar-refractivity contribution in [3.63, 3.8) is 0 Å². The molecule has 1 aliphatic carbocycles. The third-order valence-electron chi connectivity index (χ3n) is 2.81. The van der Waals surface area contributed by atoms with E-state index in [-0.39, 0.29) is 0 Å². The molecule has 0 amide bonds. The summed E-state index contributed by atoms with van der Waals surface area (Å²) < 4.78 is 0. The Hall–Kier alpha value is -1.87. The van der Waals surface area contributed by atoms with E-state index in [1.165, 1.54) is 0 Å². The molecule has 74 valence electrons. The summed E-state index contributed by atoms with van der Waals surface area (Å²) in [5, 5.41) is 10.1. The molecule has 0 aliphatic heterocycles.